The molecule has 0 saturated carbocycles. The molecular formula is C16H29N5O3S. The van der Waals surface area contributed by atoms with Crippen LogP contribution in [0.1, 0.15) is 19.8 Å². The van der Waals surface area contributed by atoms with Crippen LogP contribution in [0, 0.1) is 5.92 Å². The highest BCUT2D eigenvalue weighted by Crippen LogP contribution is 2.18. The number of nitrogens with one attached hydrogen (secondary N) is 3. The van der Waals surface area contributed by atoms with E-state index in [-0.39, 0.29) is 29.5 Å². The van der Waals surface area contributed by atoms with Crippen LogP contribution in [0.3, 0.4) is 0 Å². The van der Waals surface area contributed by atoms with Crippen molar-refractivity contribution in [2.24, 2.45) is 10.9 Å². The van der Waals surface area contributed by atoms with E-state index in [1.807, 2.05) is 6.92 Å². The van der Waals surface area contributed by atoms with E-state index in [1.54, 1.807) is 7.05 Å². The zero-order valence-electron chi connectivity index (χ0n) is 15.0. The van der Waals surface area contributed by atoms with Crippen molar-refractivity contribution in [1.82, 2.24) is 20.9 Å². The van der Waals surface area contributed by atoms with Crippen molar-refractivity contribution in [3.63, 3.8) is 0 Å². The van der Waals surface area contributed by atoms with E-state index in [4.69, 9.17) is 0 Å². The van der Waals surface area contributed by atoms with Crippen molar-refractivity contribution in [2.75, 3.05) is 44.7 Å². The fraction of sp³-hybridized carbons (Fsp3) is 0.750. The Kier molecular flexibility index (Phi) is 6.69. The van der Waals surface area contributed by atoms with Crippen LogP contribution in [0.2, 0.25) is 0 Å². The number of nitrogens with zero attached hydrogens (tertiary/aromatic N) is 2. The van der Waals surface area contributed by atoms with Gasteiger partial charge in [-0.3, -0.25) is 0 Å². The lowest BCUT2D eigenvalue weighted by Gasteiger charge is -2.23. The molecular weight excluding hydrogens is 342 g/mol. The number of hydrogen-bond acceptors (Lipinski definition) is 4. The fourth-order valence-corrected chi connectivity index (χ4v) is 4.94. The minimum absolute atomic E-state index is 0.0728. The van der Waals surface area contributed by atoms with Crippen molar-refractivity contribution in [3.05, 3.63) is 12.2 Å². The van der Waals surface area contributed by atoms with E-state index in [0.717, 1.165) is 24.5 Å². The molecule has 0 aliphatic carbocycles. The van der Waals surface area contributed by atoms with E-state index < -0.39 is 9.84 Å². The Hall–Kier alpha value is -1.77. The summed E-state index contributed by atoms with van der Waals surface area (Å²) in [6.07, 6.45) is 1.54. The summed E-state index contributed by atoms with van der Waals surface area (Å²) in [4.78, 5) is 18.2. The number of carbonyl (C=O) groups excluding carboxylic acids is 1. The fourth-order valence-electron chi connectivity index (χ4n) is 3.07. The van der Waals surface area contributed by atoms with Crippen molar-refractivity contribution >= 4 is 21.8 Å². The maximum atomic E-state index is 11.6. The largest absolute Gasteiger partial charge is 0.356 e. The zero-order valence-corrected chi connectivity index (χ0v) is 15.9. The molecule has 2 fully saturated rings. The predicted molar refractivity (Wildman–Crippen MR) is 99.4 cm³/mol. The van der Waals surface area contributed by atoms with E-state index in [9.17, 15) is 13.2 Å². The molecule has 2 unspecified atom stereocenters. The van der Waals surface area contributed by atoms with Crippen molar-refractivity contribution in [3.8, 4) is 0 Å². The first-order valence-corrected chi connectivity index (χ1v) is 10.5. The Labute approximate surface area is 150 Å². The number of aliphatic imine (C=N–C) groups is 1. The maximum Gasteiger partial charge on any atom is 0.314 e. The highest BCUT2D eigenvalue weighted by molar-refractivity contribution is 7.91. The normalized spacial score (nSPS) is 25.7. The zero-order chi connectivity index (χ0) is 18.4. The van der Waals surface area contributed by atoms with E-state index in [1.165, 1.54) is 0 Å². The van der Waals surface area contributed by atoms with Gasteiger partial charge in [0.25, 0.3) is 0 Å². The molecule has 0 aromatic carbocycles. The van der Waals surface area contributed by atoms with Gasteiger partial charge in [-0.05, 0) is 25.7 Å². The molecule has 0 radical (unpaired) electrons. The standard InChI is InChI=1S/C16H29N5O3S/c1-12(2)8-18-15(19-9-13-5-7-25(23,24)11-13)21-6-4-14(10-21)20-16(22)17-3/h13-14H,1,4-11H2,2-3H3,(H,18,19)(H2,17,20,22). The number of carbonyl (C=O) groups is 1. The van der Waals surface area contributed by atoms with Crippen LogP contribution in [-0.4, -0.2) is 76.1 Å². The molecule has 2 heterocycles. The molecule has 0 aromatic heterocycles. The summed E-state index contributed by atoms with van der Waals surface area (Å²) in [5.74, 6) is 1.41. The molecule has 2 atom stereocenters. The molecule has 142 valence electrons. The first kappa shape index (κ1) is 19.6. The van der Waals surface area contributed by atoms with Gasteiger partial charge in [-0.25, -0.2) is 18.2 Å². The van der Waals surface area contributed by atoms with Gasteiger partial charge in [-0.2, -0.15) is 0 Å². The van der Waals surface area contributed by atoms with Crippen LogP contribution in [0.5, 0.6) is 0 Å². The second-order valence-corrected chi connectivity index (χ2v) is 9.13. The quantitative estimate of drug-likeness (QED) is 0.357. The van der Waals surface area contributed by atoms with Crippen LogP contribution in [0.4, 0.5) is 4.79 Å². The Morgan fingerprint density at radius 3 is 2.72 bits per heavy atom. The Balaban J connectivity index is 1.93. The molecule has 0 aromatic rings. The number of guanidine groups is 1. The van der Waals surface area contributed by atoms with Gasteiger partial charge >= 0.3 is 6.03 Å². The molecule has 25 heavy (non-hydrogen) atoms. The number of sulfone groups is 1. The Morgan fingerprint density at radius 2 is 2.12 bits per heavy atom. The van der Waals surface area contributed by atoms with Crippen LogP contribution in [-0.2, 0) is 9.84 Å². The van der Waals surface area contributed by atoms with E-state index in [0.29, 0.717) is 26.1 Å². The second kappa shape index (κ2) is 8.55. The van der Waals surface area contributed by atoms with Crippen molar-refractivity contribution < 1.29 is 13.2 Å². The highest BCUT2D eigenvalue weighted by Gasteiger charge is 2.30. The topological polar surface area (TPSA) is 103 Å². The molecule has 2 aliphatic heterocycles. The van der Waals surface area contributed by atoms with Gasteiger partial charge in [0.05, 0.1) is 18.1 Å². The van der Waals surface area contributed by atoms with Crippen LogP contribution in [0.15, 0.2) is 17.1 Å². The monoisotopic (exact) mass is 371 g/mol. The number of likely N-dealkylation sites (tertiary alicyclic amines) is 1. The summed E-state index contributed by atoms with van der Waals surface area (Å²) in [5.41, 5.74) is 0.960. The smallest absolute Gasteiger partial charge is 0.314 e. The summed E-state index contributed by atoms with van der Waals surface area (Å²) in [7, 11) is -1.28. The Bertz CT molecular complexity index is 632. The summed E-state index contributed by atoms with van der Waals surface area (Å²) in [6.45, 7) is 8.39. The first-order chi connectivity index (χ1) is 11.8. The average molecular weight is 372 g/mol. The number of amides is 2. The lowest BCUT2D eigenvalue weighted by atomic mass is 10.1. The maximum absolute atomic E-state index is 11.6. The molecule has 2 saturated heterocycles. The summed E-state index contributed by atoms with van der Waals surface area (Å²) < 4.78 is 23.2. The average Bonchev–Trinajstić information content (AvgIpc) is 3.13. The van der Waals surface area contributed by atoms with Crippen molar-refractivity contribution in [1.29, 1.82) is 0 Å². The molecule has 3 N–H and O–H groups in total. The SMILES string of the molecule is C=C(C)CN=C(NCC1CCS(=O)(=O)C1)N1CCC(NC(=O)NC)C1. The lowest BCUT2D eigenvalue weighted by molar-refractivity contribution is 0.239. The third-order valence-electron chi connectivity index (χ3n) is 4.42. The number of hydrogen-bond donors (Lipinski definition) is 3. The number of rotatable bonds is 5. The van der Waals surface area contributed by atoms with Gasteiger partial charge in [-0.1, -0.05) is 12.2 Å². The van der Waals surface area contributed by atoms with Gasteiger partial charge < -0.3 is 20.9 Å². The van der Waals surface area contributed by atoms with Gasteiger partial charge in [0.2, 0.25) is 0 Å². The van der Waals surface area contributed by atoms with Crippen molar-refractivity contribution in [2.45, 2.75) is 25.8 Å². The second-order valence-electron chi connectivity index (χ2n) is 6.90. The van der Waals surface area contributed by atoms with Gasteiger partial charge in [-0.15, -0.1) is 0 Å². The minimum Gasteiger partial charge on any atom is -0.356 e. The third kappa shape index (κ3) is 6.22. The molecule has 9 heteroatoms. The lowest BCUT2D eigenvalue weighted by Crippen LogP contribution is -2.46. The summed E-state index contributed by atoms with van der Waals surface area (Å²) in [6, 6.07) is -0.111. The Morgan fingerprint density at radius 1 is 1.36 bits per heavy atom. The van der Waals surface area contributed by atoms with Crippen LogP contribution < -0.4 is 16.0 Å². The molecule has 0 spiro atoms. The van der Waals surface area contributed by atoms with E-state index in [2.05, 4.69) is 32.4 Å². The van der Waals surface area contributed by atoms with Crippen LogP contribution in [0.25, 0.3) is 0 Å². The molecule has 0 bridgehead atoms. The summed E-state index contributed by atoms with van der Waals surface area (Å²) >= 11 is 0. The first-order valence-electron chi connectivity index (χ1n) is 8.65. The van der Waals surface area contributed by atoms with E-state index >= 15 is 0 Å². The summed E-state index contributed by atoms with van der Waals surface area (Å²) in [5, 5.41) is 8.80. The minimum atomic E-state index is -2.88. The molecule has 2 aliphatic rings. The van der Waals surface area contributed by atoms with Gasteiger partial charge in [0.15, 0.2) is 15.8 Å². The van der Waals surface area contributed by atoms with Gasteiger partial charge in [0, 0.05) is 32.7 Å². The highest BCUT2D eigenvalue weighted by atomic mass is 32.2. The molecule has 8 nitrogen and oxygen atoms in total. The van der Waals surface area contributed by atoms with Gasteiger partial charge in [0.1, 0.15) is 0 Å². The third-order valence-corrected chi connectivity index (χ3v) is 6.26. The number of urea groups is 1. The predicted octanol–water partition coefficient (Wildman–Crippen LogP) is -0.0539. The molecule has 2 amide bonds. The molecule has 2 rings (SSSR count). The van der Waals surface area contributed by atoms with Crippen LogP contribution >= 0.6 is 0 Å².